The van der Waals surface area contributed by atoms with Crippen molar-refractivity contribution in [1.29, 1.82) is 0 Å². The first-order chi connectivity index (χ1) is 15.2. The largest absolute Gasteiger partial charge is 0.486 e. The average Bonchev–Trinajstić information content (AvgIpc) is 3.44. The fourth-order valence-electron chi connectivity index (χ4n) is 2.55. The lowest BCUT2D eigenvalue weighted by Crippen LogP contribution is -2.27. The highest BCUT2D eigenvalue weighted by Crippen LogP contribution is 2.23. The van der Waals surface area contributed by atoms with Gasteiger partial charge < -0.3 is 9.15 Å². The summed E-state index contributed by atoms with van der Waals surface area (Å²) in [4.78, 5) is 12.5. The van der Waals surface area contributed by atoms with Crippen LogP contribution in [0, 0.1) is 0 Å². The molecule has 2 aromatic heterocycles. The zero-order valence-electron chi connectivity index (χ0n) is 16.5. The molecule has 0 unspecified atom stereocenters. The number of hydrogen-bond donors (Lipinski definition) is 1. The van der Waals surface area contributed by atoms with Crippen LogP contribution in [-0.2, 0) is 11.4 Å². The van der Waals surface area contributed by atoms with Crippen molar-refractivity contribution in [2.45, 2.75) is 17.0 Å². The van der Waals surface area contributed by atoms with Gasteiger partial charge in [0.05, 0.1) is 5.75 Å². The Bertz CT molecular complexity index is 1130. The maximum atomic E-state index is 12.5. The van der Waals surface area contributed by atoms with E-state index >= 15 is 0 Å². The van der Waals surface area contributed by atoms with E-state index in [1.54, 1.807) is 0 Å². The molecule has 0 aliphatic heterocycles. The third-order valence-corrected chi connectivity index (χ3v) is 5.43. The molecule has 0 bridgehead atoms. The van der Waals surface area contributed by atoms with Crippen LogP contribution in [0.1, 0.15) is 5.82 Å². The zero-order chi connectivity index (χ0) is 21.5. The molecule has 0 atom stereocenters. The lowest BCUT2D eigenvalue weighted by atomic mass is 10.2. The number of hydrogen-bond acceptors (Lipinski definition) is 9. The monoisotopic (exact) mass is 454 g/mol. The molecule has 4 rings (SSSR count). The van der Waals surface area contributed by atoms with Crippen LogP contribution in [0.25, 0.3) is 11.5 Å². The normalized spacial score (nSPS) is 10.7. The van der Waals surface area contributed by atoms with E-state index < -0.39 is 0 Å². The molecule has 0 saturated carbocycles. The topological polar surface area (TPSA) is 108 Å². The Hall–Kier alpha value is -3.31. The molecule has 9 nitrogen and oxygen atoms in total. The number of aromatic nitrogens is 5. The first kappa shape index (κ1) is 20.9. The number of para-hydroxylation sites is 1. The molecule has 0 radical (unpaired) electrons. The Morgan fingerprint density at radius 3 is 2.52 bits per heavy atom. The van der Waals surface area contributed by atoms with Crippen LogP contribution in [0.4, 0.5) is 0 Å². The van der Waals surface area contributed by atoms with Gasteiger partial charge in [-0.25, -0.2) is 4.68 Å². The lowest BCUT2D eigenvalue weighted by Gasteiger charge is -2.11. The third-order valence-electron chi connectivity index (χ3n) is 3.98. The van der Waals surface area contributed by atoms with E-state index in [-0.39, 0.29) is 18.3 Å². The van der Waals surface area contributed by atoms with Gasteiger partial charge >= 0.3 is 0 Å². The molecular formula is C20H18N6O3S2. The molecule has 158 valence electrons. The number of amides is 1. The number of ether oxygens (including phenoxy) is 1. The van der Waals surface area contributed by atoms with Crippen molar-refractivity contribution >= 4 is 29.4 Å². The zero-order valence-corrected chi connectivity index (χ0v) is 18.1. The van der Waals surface area contributed by atoms with Crippen LogP contribution in [0.15, 0.2) is 75.5 Å². The summed E-state index contributed by atoms with van der Waals surface area (Å²) in [5, 5.41) is 17.1. The molecule has 1 N–H and O–H groups in total. The smallest absolute Gasteiger partial charge is 0.277 e. The number of carbonyl (C=O) groups is 1. The Labute approximate surface area is 186 Å². The highest BCUT2D eigenvalue weighted by Gasteiger charge is 2.16. The fraction of sp³-hybridized carbons (Fsp3) is 0.150. The number of rotatable bonds is 9. The van der Waals surface area contributed by atoms with Crippen molar-refractivity contribution in [3.05, 3.63) is 66.5 Å². The van der Waals surface area contributed by atoms with Crippen molar-refractivity contribution in [3.63, 3.8) is 0 Å². The van der Waals surface area contributed by atoms with Crippen LogP contribution in [0.2, 0.25) is 0 Å². The number of carbonyl (C=O) groups excluding carboxylic acids is 1. The Morgan fingerprint density at radius 2 is 1.77 bits per heavy atom. The minimum Gasteiger partial charge on any atom is -0.486 e. The fourth-order valence-corrected chi connectivity index (χ4v) is 3.56. The molecule has 4 aromatic rings. The molecule has 31 heavy (non-hydrogen) atoms. The van der Waals surface area contributed by atoms with Crippen LogP contribution in [-0.4, -0.2) is 43.0 Å². The van der Waals surface area contributed by atoms with Gasteiger partial charge in [0.25, 0.3) is 5.22 Å². The van der Waals surface area contributed by atoms with E-state index in [0.29, 0.717) is 27.8 Å². The van der Waals surface area contributed by atoms with Gasteiger partial charge in [-0.2, -0.15) is 0 Å². The highest BCUT2D eigenvalue weighted by atomic mass is 32.2. The van der Waals surface area contributed by atoms with Gasteiger partial charge in [-0.1, -0.05) is 59.9 Å². The van der Waals surface area contributed by atoms with Crippen LogP contribution < -0.4 is 10.2 Å². The quantitative estimate of drug-likeness (QED) is 0.380. The molecule has 0 aliphatic rings. The molecule has 0 aliphatic carbocycles. The van der Waals surface area contributed by atoms with E-state index in [1.807, 2.05) is 66.9 Å². The second-order valence-electron chi connectivity index (χ2n) is 6.10. The van der Waals surface area contributed by atoms with E-state index in [1.165, 1.54) is 16.4 Å². The van der Waals surface area contributed by atoms with Crippen molar-refractivity contribution < 1.29 is 13.9 Å². The van der Waals surface area contributed by atoms with Crippen LogP contribution >= 0.6 is 23.5 Å². The number of thioether (sulfide) groups is 2. The maximum absolute atomic E-state index is 12.5. The maximum Gasteiger partial charge on any atom is 0.277 e. The molecule has 0 spiro atoms. The summed E-state index contributed by atoms with van der Waals surface area (Å²) in [5.41, 5.74) is 3.62. The van der Waals surface area contributed by atoms with Crippen LogP contribution in [0.5, 0.6) is 5.75 Å². The van der Waals surface area contributed by atoms with Gasteiger partial charge in [0.1, 0.15) is 12.4 Å². The summed E-state index contributed by atoms with van der Waals surface area (Å²) in [5.74, 6) is 1.42. The number of nitrogens with zero attached hydrogens (tertiary/aromatic N) is 5. The molecule has 0 saturated heterocycles. The predicted molar refractivity (Wildman–Crippen MR) is 117 cm³/mol. The molecule has 1 amide bonds. The summed E-state index contributed by atoms with van der Waals surface area (Å²) in [6.45, 7) is 0.162. The minimum absolute atomic E-state index is 0.0847. The second-order valence-corrected chi connectivity index (χ2v) is 7.80. The van der Waals surface area contributed by atoms with Gasteiger partial charge in [0.15, 0.2) is 5.82 Å². The Morgan fingerprint density at radius 1 is 1.03 bits per heavy atom. The van der Waals surface area contributed by atoms with Gasteiger partial charge in [0, 0.05) is 5.56 Å². The van der Waals surface area contributed by atoms with Crippen molar-refractivity contribution in [2.24, 2.45) is 0 Å². The van der Waals surface area contributed by atoms with E-state index in [9.17, 15) is 4.79 Å². The SMILES string of the molecule is CSc1nnc(COc2ccccc2)n1NC(=O)CSc1nnc(-c2ccccc2)o1. The summed E-state index contributed by atoms with van der Waals surface area (Å²) in [7, 11) is 0. The van der Waals surface area contributed by atoms with E-state index in [0.717, 1.165) is 17.3 Å². The van der Waals surface area contributed by atoms with E-state index in [4.69, 9.17) is 9.15 Å². The molecule has 11 heteroatoms. The average molecular weight is 455 g/mol. The van der Waals surface area contributed by atoms with Gasteiger partial charge in [-0.05, 0) is 30.5 Å². The first-order valence-electron chi connectivity index (χ1n) is 9.20. The Balaban J connectivity index is 1.36. The van der Waals surface area contributed by atoms with Gasteiger partial charge in [-0.15, -0.1) is 20.4 Å². The molecule has 2 heterocycles. The highest BCUT2D eigenvalue weighted by molar-refractivity contribution is 7.99. The molecular weight excluding hydrogens is 436 g/mol. The molecule has 0 fully saturated rings. The first-order valence-corrected chi connectivity index (χ1v) is 11.4. The van der Waals surface area contributed by atoms with Gasteiger partial charge in [-0.3, -0.25) is 10.2 Å². The van der Waals surface area contributed by atoms with Crippen molar-refractivity contribution in [3.8, 4) is 17.2 Å². The summed E-state index contributed by atoms with van der Waals surface area (Å²) < 4.78 is 12.9. The van der Waals surface area contributed by atoms with Crippen molar-refractivity contribution in [1.82, 2.24) is 25.1 Å². The minimum atomic E-state index is -0.263. The second kappa shape index (κ2) is 10.1. The van der Waals surface area contributed by atoms with Crippen molar-refractivity contribution in [2.75, 3.05) is 17.4 Å². The number of nitrogens with one attached hydrogen (secondary N) is 1. The summed E-state index contributed by atoms with van der Waals surface area (Å²) in [6.07, 6.45) is 1.85. The Kier molecular flexibility index (Phi) is 6.85. The predicted octanol–water partition coefficient (Wildman–Crippen LogP) is 3.49. The third kappa shape index (κ3) is 5.44. The lowest BCUT2D eigenvalue weighted by molar-refractivity contribution is -0.114. The number of benzene rings is 2. The van der Waals surface area contributed by atoms with E-state index in [2.05, 4.69) is 25.8 Å². The summed E-state index contributed by atoms with van der Waals surface area (Å²) in [6, 6.07) is 18.8. The standard InChI is InChI=1S/C20H18N6O3S2/c1-30-19-23-21-16(12-28-15-10-6-3-7-11-15)26(19)25-17(27)13-31-20-24-22-18(29-20)14-8-4-2-5-9-14/h2-11H,12-13H2,1H3,(H,25,27). The molecule has 2 aromatic carbocycles. The van der Waals surface area contributed by atoms with Crippen LogP contribution in [0.3, 0.4) is 0 Å². The van der Waals surface area contributed by atoms with Gasteiger partial charge in [0.2, 0.25) is 17.0 Å². The summed E-state index contributed by atoms with van der Waals surface area (Å²) >= 11 is 2.52.